The summed E-state index contributed by atoms with van der Waals surface area (Å²) < 4.78 is 2.81. The molecule has 0 aromatic carbocycles. The van der Waals surface area contributed by atoms with E-state index in [0.29, 0.717) is 5.92 Å². The maximum atomic E-state index is 5.21. The lowest BCUT2D eigenvalue weighted by Crippen LogP contribution is -2.23. The van der Waals surface area contributed by atoms with Gasteiger partial charge in [0.25, 0.3) is 0 Å². The van der Waals surface area contributed by atoms with E-state index in [0.717, 1.165) is 30.2 Å². The van der Waals surface area contributed by atoms with Crippen LogP contribution in [0.15, 0.2) is 0 Å². The largest absolute Gasteiger partial charge is 0.305 e. The number of likely N-dealkylation sites (N-methyl/N-ethyl adjacent to an activating group) is 1. The fourth-order valence-corrected chi connectivity index (χ4v) is 1.65. The Balaban J connectivity index is 2.75. The third-order valence-corrected chi connectivity index (χ3v) is 2.86. The van der Waals surface area contributed by atoms with Gasteiger partial charge < -0.3 is 9.47 Å². The fraction of sp³-hybridized carbons (Fsp3) is 0.800. The summed E-state index contributed by atoms with van der Waals surface area (Å²) in [6, 6.07) is 0. The molecule has 1 rings (SSSR count). The third kappa shape index (κ3) is 3.14. The molecule has 0 fully saturated rings. The first-order valence-electron chi connectivity index (χ1n) is 5.39. The highest BCUT2D eigenvalue weighted by Crippen LogP contribution is 2.11. The number of hydrogen-bond donors (Lipinski definition) is 1. The molecule has 0 radical (unpaired) electrons. The van der Waals surface area contributed by atoms with E-state index in [1.165, 1.54) is 0 Å². The molecule has 0 saturated heterocycles. The molecule has 0 spiro atoms. The zero-order chi connectivity index (χ0) is 11.4. The van der Waals surface area contributed by atoms with Gasteiger partial charge in [-0.2, -0.15) is 5.10 Å². The van der Waals surface area contributed by atoms with Gasteiger partial charge in [-0.25, -0.2) is 0 Å². The van der Waals surface area contributed by atoms with Crippen LogP contribution < -0.4 is 0 Å². The number of aromatic nitrogens is 3. The first-order valence-corrected chi connectivity index (χ1v) is 5.80. The summed E-state index contributed by atoms with van der Waals surface area (Å²) in [4.78, 5) is 2.26. The van der Waals surface area contributed by atoms with Gasteiger partial charge in [-0.3, -0.25) is 5.10 Å². The van der Waals surface area contributed by atoms with Crippen LogP contribution in [0.2, 0.25) is 0 Å². The van der Waals surface area contributed by atoms with E-state index in [1.54, 1.807) is 0 Å². The lowest BCUT2D eigenvalue weighted by molar-refractivity contribution is 0.331. The second-order valence-electron chi connectivity index (χ2n) is 4.09. The minimum Gasteiger partial charge on any atom is -0.305 e. The van der Waals surface area contributed by atoms with E-state index in [4.69, 9.17) is 12.2 Å². The summed E-state index contributed by atoms with van der Waals surface area (Å²) in [6.45, 7) is 9.38. The smallest absolute Gasteiger partial charge is 0.195 e. The molecule has 0 atom stereocenters. The van der Waals surface area contributed by atoms with E-state index < -0.39 is 0 Å². The summed E-state index contributed by atoms with van der Waals surface area (Å²) in [5, 5.41) is 7.10. The molecule has 0 unspecified atom stereocenters. The Morgan fingerprint density at radius 3 is 2.73 bits per heavy atom. The Bertz CT molecular complexity index is 353. The standard InChI is InChI=1S/C10H20N4S/c1-5-13(4)6-7-14-9(8(2)3)11-12-10(14)15/h8H,5-7H2,1-4H3,(H,12,15). The SMILES string of the molecule is CCN(C)CCn1c(C(C)C)n[nH]c1=S. The van der Waals surface area contributed by atoms with Crippen molar-refractivity contribution in [1.29, 1.82) is 0 Å². The van der Waals surface area contributed by atoms with Crippen LogP contribution in [0.4, 0.5) is 0 Å². The molecule has 0 aliphatic heterocycles. The first-order chi connectivity index (χ1) is 7.06. The van der Waals surface area contributed by atoms with Crippen molar-refractivity contribution in [2.75, 3.05) is 20.1 Å². The Kier molecular flexibility index (Phi) is 4.47. The van der Waals surface area contributed by atoms with Crippen molar-refractivity contribution in [3.8, 4) is 0 Å². The molecule has 0 aliphatic carbocycles. The number of hydrogen-bond acceptors (Lipinski definition) is 3. The molecule has 1 aromatic rings. The molecule has 15 heavy (non-hydrogen) atoms. The molecular weight excluding hydrogens is 208 g/mol. The molecule has 1 N–H and O–H groups in total. The van der Waals surface area contributed by atoms with Crippen LogP contribution in [-0.4, -0.2) is 39.8 Å². The van der Waals surface area contributed by atoms with Gasteiger partial charge in [-0.1, -0.05) is 20.8 Å². The summed E-state index contributed by atoms with van der Waals surface area (Å²) >= 11 is 5.21. The summed E-state index contributed by atoms with van der Waals surface area (Å²) in [5.41, 5.74) is 0. The predicted octanol–water partition coefficient (Wildman–Crippen LogP) is 2.02. The van der Waals surface area contributed by atoms with Crippen molar-refractivity contribution in [1.82, 2.24) is 19.7 Å². The van der Waals surface area contributed by atoms with E-state index in [1.807, 2.05) is 0 Å². The summed E-state index contributed by atoms with van der Waals surface area (Å²) in [5.74, 6) is 1.45. The zero-order valence-corrected chi connectivity index (χ0v) is 10.8. The highest BCUT2D eigenvalue weighted by atomic mass is 32.1. The van der Waals surface area contributed by atoms with Crippen molar-refractivity contribution in [2.24, 2.45) is 0 Å². The monoisotopic (exact) mass is 228 g/mol. The fourth-order valence-electron chi connectivity index (χ4n) is 1.42. The third-order valence-electron chi connectivity index (χ3n) is 2.55. The number of rotatable bonds is 5. The Morgan fingerprint density at radius 1 is 1.53 bits per heavy atom. The van der Waals surface area contributed by atoms with Crippen molar-refractivity contribution >= 4 is 12.2 Å². The molecule has 1 aromatic heterocycles. The normalized spacial score (nSPS) is 11.6. The van der Waals surface area contributed by atoms with E-state index in [-0.39, 0.29) is 0 Å². The van der Waals surface area contributed by atoms with Crippen LogP contribution in [-0.2, 0) is 6.54 Å². The molecule has 0 aliphatic rings. The molecular formula is C10H20N4S. The number of nitrogens with one attached hydrogen (secondary N) is 1. The molecule has 0 amide bonds. The van der Waals surface area contributed by atoms with Crippen LogP contribution in [0.5, 0.6) is 0 Å². The van der Waals surface area contributed by atoms with Gasteiger partial charge in [0.05, 0.1) is 0 Å². The number of aromatic amines is 1. The van der Waals surface area contributed by atoms with E-state index in [2.05, 4.69) is 47.5 Å². The molecule has 1 heterocycles. The molecule has 0 saturated carbocycles. The van der Waals surface area contributed by atoms with Crippen LogP contribution in [0.25, 0.3) is 0 Å². The first kappa shape index (κ1) is 12.4. The highest BCUT2D eigenvalue weighted by molar-refractivity contribution is 7.71. The quantitative estimate of drug-likeness (QED) is 0.783. The topological polar surface area (TPSA) is 36.9 Å². The van der Waals surface area contributed by atoms with E-state index in [9.17, 15) is 0 Å². The average Bonchev–Trinajstić information content (AvgIpc) is 2.56. The number of H-pyrrole nitrogens is 1. The molecule has 86 valence electrons. The van der Waals surface area contributed by atoms with Crippen molar-refractivity contribution in [3.63, 3.8) is 0 Å². The van der Waals surface area contributed by atoms with Gasteiger partial charge in [-0.05, 0) is 25.8 Å². The summed E-state index contributed by atoms with van der Waals surface area (Å²) in [7, 11) is 2.11. The lowest BCUT2D eigenvalue weighted by Gasteiger charge is -2.15. The Morgan fingerprint density at radius 2 is 2.20 bits per heavy atom. The second-order valence-corrected chi connectivity index (χ2v) is 4.48. The Labute approximate surface area is 96.3 Å². The number of nitrogens with zero attached hydrogens (tertiary/aromatic N) is 3. The second kappa shape index (κ2) is 5.42. The van der Waals surface area contributed by atoms with Gasteiger partial charge >= 0.3 is 0 Å². The molecule has 5 heteroatoms. The van der Waals surface area contributed by atoms with Crippen LogP contribution >= 0.6 is 12.2 Å². The maximum absolute atomic E-state index is 5.21. The summed E-state index contributed by atoms with van der Waals surface area (Å²) in [6.07, 6.45) is 0. The van der Waals surface area contributed by atoms with Crippen LogP contribution in [0.3, 0.4) is 0 Å². The van der Waals surface area contributed by atoms with Gasteiger partial charge in [0.15, 0.2) is 4.77 Å². The van der Waals surface area contributed by atoms with Gasteiger partial charge in [-0.15, -0.1) is 0 Å². The minimum absolute atomic E-state index is 0.407. The van der Waals surface area contributed by atoms with Crippen LogP contribution in [0, 0.1) is 4.77 Å². The average molecular weight is 228 g/mol. The minimum atomic E-state index is 0.407. The molecule has 0 bridgehead atoms. The van der Waals surface area contributed by atoms with Gasteiger partial charge in [0.2, 0.25) is 0 Å². The predicted molar refractivity (Wildman–Crippen MR) is 64.7 cm³/mol. The maximum Gasteiger partial charge on any atom is 0.195 e. The highest BCUT2D eigenvalue weighted by Gasteiger charge is 2.09. The van der Waals surface area contributed by atoms with Crippen LogP contribution in [0.1, 0.15) is 32.5 Å². The van der Waals surface area contributed by atoms with Crippen molar-refractivity contribution in [2.45, 2.75) is 33.2 Å². The molecule has 4 nitrogen and oxygen atoms in total. The van der Waals surface area contributed by atoms with Crippen molar-refractivity contribution in [3.05, 3.63) is 10.6 Å². The Hall–Kier alpha value is -0.680. The zero-order valence-electron chi connectivity index (χ0n) is 9.95. The lowest BCUT2D eigenvalue weighted by atomic mass is 10.2. The van der Waals surface area contributed by atoms with Gasteiger partial charge in [0.1, 0.15) is 5.82 Å². The van der Waals surface area contributed by atoms with E-state index >= 15 is 0 Å². The van der Waals surface area contributed by atoms with Gasteiger partial charge in [0, 0.05) is 19.0 Å². The van der Waals surface area contributed by atoms with Crippen molar-refractivity contribution < 1.29 is 0 Å².